The van der Waals surface area contributed by atoms with Gasteiger partial charge in [0.2, 0.25) is 5.91 Å². The normalized spacial score (nSPS) is 19.2. The Hall–Kier alpha value is -0.610. The van der Waals surface area contributed by atoms with Gasteiger partial charge in [0.1, 0.15) is 0 Å². The molecule has 0 aliphatic heterocycles. The van der Waals surface area contributed by atoms with Crippen LogP contribution in [0.25, 0.3) is 0 Å². The molecule has 4 nitrogen and oxygen atoms in total. The van der Waals surface area contributed by atoms with Gasteiger partial charge in [0.15, 0.2) is 0 Å². The van der Waals surface area contributed by atoms with E-state index in [2.05, 4.69) is 5.32 Å². The quantitative estimate of drug-likeness (QED) is 0.595. The standard InChI is InChI=1S/C9H18N2O2/c1-13-7-3-6-11-8(12)9(10)4-2-5-9/h2-7,10H2,1H3,(H,11,12). The minimum atomic E-state index is -0.562. The third-order valence-electron chi connectivity index (χ3n) is 2.51. The molecule has 13 heavy (non-hydrogen) atoms. The van der Waals surface area contributed by atoms with Crippen LogP contribution < -0.4 is 11.1 Å². The Morgan fingerprint density at radius 1 is 1.62 bits per heavy atom. The maximum atomic E-state index is 11.4. The van der Waals surface area contributed by atoms with Crippen LogP contribution >= 0.6 is 0 Å². The Bertz CT molecular complexity index is 178. The number of rotatable bonds is 5. The molecule has 3 N–H and O–H groups in total. The van der Waals surface area contributed by atoms with E-state index < -0.39 is 5.54 Å². The summed E-state index contributed by atoms with van der Waals surface area (Å²) in [6, 6.07) is 0. The van der Waals surface area contributed by atoms with Crippen LogP contribution in [-0.4, -0.2) is 31.7 Å². The average molecular weight is 186 g/mol. The van der Waals surface area contributed by atoms with Crippen LogP contribution in [0.15, 0.2) is 0 Å². The Kier molecular flexibility index (Phi) is 3.69. The number of hydrogen-bond acceptors (Lipinski definition) is 3. The van der Waals surface area contributed by atoms with Crippen molar-refractivity contribution in [3.05, 3.63) is 0 Å². The largest absolute Gasteiger partial charge is 0.385 e. The lowest BCUT2D eigenvalue weighted by molar-refractivity contribution is -0.129. The van der Waals surface area contributed by atoms with Gasteiger partial charge in [-0.15, -0.1) is 0 Å². The predicted molar refractivity (Wildman–Crippen MR) is 50.3 cm³/mol. The van der Waals surface area contributed by atoms with E-state index in [0.717, 1.165) is 25.7 Å². The summed E-state index contributed by atoms with van der Waals surface area (Å²) in [5, 5.41) is 2.82. The molecule has 0 unspecified atom stereocenters. The van der Waals surface area contributed by atoms with E-state index in [4.69, 9.17) is 10.5 Å². The molecular weight excluding hydrogens is 168 g/mol. The Labute approximate surface area is 78.8 Å². The molecule has 0 radical (unpaired) electrons. The molecule has 1 rings (SSSR count). The zero-order valence-corrected chi connectivity index (χ0v) is 8.14. The summed E-state index contributed by atoms with van der Waals surface area (Å²) >= 11 is 0. The molecule has 0 atom stereocenters. The number of carbonyl (C=O) groups is 1. The Morgan fingerprint density at radius 3 is 2.77 bits per heavy atom. The minimum Gasteiger partial charge on any atom is -0.385 e. The van der Waals surface area contributed by atoms with Crippen LogP contribution in [-0.2, 0) is 9.53 Å². The molecule has 1 saturated carbocycles. The lowest BCUT2D eigenvalue weighted by Gasteiger charge is -2.36. The van der Waals surface area contributed by atoms with Crippen molar-refractivity contribution in [2.45, 2.75) is 31.2 Å². The zero-order chi connectivity index (χ0) is 9.73. The molecule has 0 bridgehead atoms. The number of amides is 1. The van der Waals surface area contributed by atoms with Crippen molar-refractivity contribution in [3.8, 4) is 0 Å². The highest BCUT2D eigenvalue weighted by molar-refractivity contribution is 5.86. The molecule has 1 aliphatic carbocycles. The molecule has 0 saturated heterocycles. The monoisotopic (exact) mass is 186 g/mol. The average Bonchev–Trinajstić information content (AvgIpc) is 2.08. The lowest BCUT2D eigenvalue weighted by Crippen LogP contribution is -2.58. The smallest absolute Gasteiger partial charge is 0.240 e. The predicted octanol–water partition coefficient (Wildman–Crippen LogP) is 0.0205. The van der Waals surface area contributed by atoms with Gasteiger partial charge < -0.3 is 15.8 Å². The second-order valence-electron chi connectivity index (χ2n) is 3.61. The van der Waals surface area contributed by atoms with Gasteiger partial charge in [-0.1, -0.05) is 0 Å². The van der Waals surface area contributed by atoms with Crippen molar-refractivity contribution in [2.24, 2.45) is 5.73 Å². The van der Waals surface area contributed by atoms with Crippen molar-refractivity contribution in [1.29, 1.82) is 0 Å². The van der Waals surface area contributed by atoms with E-state index in [0.29, 0.717) is 13.2 Å². The number of carbonyl (C=O) groups excluding carboxylic acids is 1. The Morgan fingerprint density at radius 2 is 2.31 bits per heavy atom. The fraction of sp³-hybridized carbons (Fsp3) is 0.889. The molecule has 0 aromatic heterocycles. The van der Waals surface area contributed by atoms with Crippen molar-refractivity contribution >= 4 is 5.91 Å². The molecule has 1 fully saturated rings. The molecule has 0 aromatic rings. The lowest BCUT2D eigenvalue weighted by atomic mass is 9.77. The molecule has 0 aromatic carbocycles. The van der Waals surface area contributed by atoms with Gasteiger partial charge in [-0.3, -0.25) is 4.79 Å². The minimum absolute atomic E-state index is 0.00477. The summed E-state index contributed by atoms with van der Waals surface area (Å²) in [5.41, 5.74) is 5.26. The van der Waals surface area contributed by atoms with Crippen LogP contribution in [0.2, 0.25) is 0 Å². The van der Waals surface area contributed by atoms with Crippen molar-refractivity contribution in [1.82, 2.24) is 5.32 Å². The first-order valence-electron chi connectivity index (χ1n) is 4.75. The molecule has 0 spiro atoms. The van der Waals surface area contributed by atoms with Gasteiger partial charge in [-0.2, -0.15) is 0 Å². The second-order valence-corrected chi connectivity index (χ2v) is 3.61. The highest BCUT2D eigenvalue weighted by Gasteiger charge is 2.39. The number of hydrogen-bond donors (Lipinski definition) is 2. The van der Waals surface area contributed by atoms with E-state index in [9.17, 15) is 4.79 Å². The maximum Gasteiger partial charge on any atom is 0.240 e. The number of ether oxygens (including phenoxy) is 1. The number of nitrogens with one attached hydrogen (secondary N) is 1. The SMILES string of the molecule is COCCCNC(=O)C1(N)CCC1. The van der Waals surface area contributed by atoms with Crippen molar-refractivity contribution in [2.75, 3.05) is 20.3 Å². The van der Waals surface area contributed by atoms with Gasteiger partial charge in [0.25, 0.3) is 0 Å². The van der Waals surface area contributed by atoms with E-state index in [1.807, 2.05) is 0 Å². The maximum absolute atomic E-state index is 11.4. The summed E-state index contributed by atoms with van der Waals surface area (Å²) in [5.74, 6) is -0.00477. The molecule has 1 amide bonds. The van der Waals surface area contributed by atoms with Crippen LogP contribution in [0.4, 0.5) is 0 Å². The molecular formula is C9H18N2O2. The summed E-state index contributed by atoms with van der Waals surface area (Å²) in [6.07, 6.45) is 3.56. The third kappa shape index (κ3) is 2.67. The van der Waals surface area contributed by atoms with Crippen LogP contribution in [0, 0.1) is 0 Å². The van der Waals surface area contributed by atoms with Gasteiger partial charge in [-0.05, 0) is 25.7 Å². The first kappa shape index (κ1) is 10.5. The number of methoxy groups -OCH3 is 1. The van der Waals surface area contributed by atoms with Crippen LogP contribution in [0.5, 0.6) is 0 Å². The fourth-order valence-corrected chi connectivity index (χ4v) is 1.38. The summed E-state index contributed by atoms with van der Waals surface area (Å²) in [6.45, 7) is 1.34. The second kappa shape index (κ2) is 4.58. The fourth-order valence-electron chi connectivity index (χ4n) is 1.38. The van der Waals surface area contributed by atoms with Gasteiger partial charge in [0.05, 0.1) is 5.54 Å². The first-order chi connectivity index (χ1) is 6.19. The number of nitrogens with two attached hydrogens (primary N) is 1. The molecule has 4 heteroatoms. The van der Waals surface area contributed by atoms with E-state index in [1.54, 1.807) is 7.11 Å². The van der Waals surface area contributed by atoms with Gasteiger partial charge >= 0.3 is 0 Å². The highest BCUT2D eigenvalue weighted by Crippen LogP contribution is 2.28. The van der Waals surface area contributed by atoms with Crippen molar-refractivity contribution < 1.29 is 9.53 Å². The van der Waals surface area contributed by atoms with Crippen molar-refractivity contribution in [3.63, 3.8) is 0 Å². The third-order valence-corrected chi connectivity index (χ3v) is 2.51. The molecule has 0 heterocycles. The van der Waals surface area contributed by atoms with E-state index >= 15 is 0 Å². The molecule has 1 aliphatic rings. The molecule has 76 valence electrons. The van der Waals surface area contributed by atoms with E-state index in [-0.39, 0.29) is 5.91 Å². The summed E-state index contributed by atoms with van der Waals surface area (Å²) in [7, 11) is 1.65. The van der Waals surface area contributed by atoms with Crippen LogP contribution in [0.1, 0.15) is 25.7 Å². The Balaban J connectivity index is 2.10. The van der Waals surface area contributed by atoms with Crippen LogP contribution in [0.3, 0.4) is 0 Å². The zero-order valence-electron chi connectivity index (χ0n) is 8.14. The highest BCUT2D eigenvalue weighted by atomic mass is 16.5. The van der Waals surface area contributed by atoms with E-state index in [1.165, 1.54) is 0 Å². The van der Waals surface area contributed by atoms with Gasteiger partial charge in [-0.25, -0.2) is 0 Å². The summed E-state index contributed by atoms with van der Waals surface area (Å²) in [4.78, 5) is 11.4. The first-order valence-corrected chi connectivity index (χ1v) is 4.75. The van der Waals surface area contributed by atoms with Gasteiger partial charge in [0, 0.05) is 20.3 Å². The topological polar surface area (TPSA) is 64.3 Å². The summed E-state index contributed by atoms with van der Waals surface area (Å²) < 4.78 is 4.87.